The van der Waals surface area contributed by atoms with Gasteiger partial charge in [0.05, 0.1) is 0 Å². The van der Waals surface area contributed by atoms with Gasteiger partial charge in [0, 0.05) is 42.3 Å². The fraction of sp³-hybridized carbons (Fsp3) is 0.579. The second-order valence-corrected chi connectivity index (χ2v) is 7.07. The molecule has 3 nitrogen and oxygen atoms in total. The molecule has 0 saturated heterocycles. The van der Waals surface area contributed by atoms with Gasteiger partial charge in [-0.2, -0.15) is 0 Å². The van der Waals surface area contributed by atoms with Gasteiger partial charge in [0.15, 0.2) is 0 Å². The highest BCUT2D eigenvalue weighted by Gasteiger charge is 2.20. The summed E-state index contributed by atoms with van der Waals surface area (Å²) in [6.07, 6.45) is 2.14. The number of nitrogens with two attached hydrogens (primary N) is 1. The highest BCUT2D eigenvalue weighted by Crippen LogP contribution is 2.32. The summed E-state index contributed by atoms with van der Waals surface area (Å²) in [5.74, 6) is 0.514. The van der Waals surface area contributed by atoms with Gasteiger partial charge >= 0.3 is 0 Å². The predicted molar refractivity (Wildman–Crippen MR) is 94.0 cm³/mol. The Hall–Kier alpha value is -1.32. The lowest BCUT2D eigenvalue weighted by atomic mass is 9.95. The van der Waals surface area contributed by atoms with Gasteiger partial charge in [-0.05, 0) is 54.5 Å². The average molecular weight is 299 g/mol. The van der Waals surface area contributed by atoms with E-state index in [1.807, 2.05) is 0 Å². The van der Waals surface area contributed by atoms with Crippen LogP contribution < -0.4 is 11.1 Å². The molecule has 0 fully saturated rings. The SMILES string of the molecule is CCCn1c(C)c(CC(N)C(C)C)c2cc3c(cc21)CNC3. The Bertz CT molecular complexity index is 682. The number of hydrogen-bond donors (Lipinski definition) is 2. The molecule has 1 aromatic heterocycles. The summed E-state index contributed by atoms with van der Waals surface area (Å²) >= 11 is 0. The Kier molecular flexibility index (Phi) is 4.28. The molecule has 3 rings (SSSR count). The van der Waals surface area contributed by atoms with E-state index in [4.69, 9.17) is 5.73 Å². The Morgan fingerprint density at radius 1 is 1.23 bits per heavy atom. The van der Waals surface area contributed by atoms with Gasteiger partial charge in [-0.15, -0.1) is 0 Å². The molecule has 3 heteroatoms. The summed E-state index contributed by atoms with van der Waals surface area (Å²) in [4.78, 5) is 0. The summed E-state index contributed by atoms with van der Waals surface area (Å²) in [5.41, 5.74) is 13.6. The summed E-state index contributed by atoms with van der Waals surface area (Å²) in [6, 6.07) is 5.04. The molecule has 0 saturated carbocycles. The van der Waals surface area contributed by atoms with Crippen molar-refractivity contribution in [2.24, 2.45) is 11.7 Å². The van der Waals surface area contributed by atoms with Crippen LogP contribution >= 0.6 is 0 Å². The maximum absolute atomic E-state index is 6.38. The first-order valence-electron chi connectivity index (χ1n) is 8.62. The number of aryl methyl sites for hydroxylation is 1. The summed E-state index contributed by atoms with van der Waals surface area (Å²) < 4.78 is 2.50. The van der Waals surface area contributed by atoms with Gasteiger partial charge in [0.25, 0.3) is 0 Å². The number of nitrogens with zero attached hydrogens (tertiary/aromatic N) is 1. The van der Waals surface area contributed by atoms with Crippen LogP contribution in [0.4, 0.5) is 0 Å². The minimum Gasteiger partial charge on any atom is -0.345 e. The van der Waals surface area contributed by atoms with Gasteiger partial charge in [-0.25, -0.2) is 0 Å². The van der Waals surface area contributed by atoms with Gasteiger partial charge < -0.3 is 15.6 Å². The van der Waals surface area contributed by atoms with Gasteiger partial charge in [0.2, 0.25) is 0 Å². The zero-order chi connectivity index (χ0) is 15.9. The van der Waals surface area contributed by atoms with Crippen LogP contribution in [0.25, 0.3) is 10.9 Å². The monoisotopic (exact) mass is 299 g/mol. The Morgan fingerprint density at radius 3 is 2.55 bits per heavy atom. The van der Waals surface area contributed by atoms with Crippen LogP contribution in [-0.2, 0) is 26.1 Å². The first-order valence-corrected chi connectivity index (χ1v) is 8.62. The molecule has 0 spiro atoms. The molecule has 1 aliphatic rings. The van der Waals surface area contributed by atoms with E-state index in [9.17, 15) is 0 Å². The molecular weight excluding hydrogens is 270 g/mol. The normalized spacial score (nSPS) is 15.7. The molecule has 1 atom stereocenters. The molecule has 0 aliphatic carbocycles. The largest absolute Gasteiger partial charge is 0.345 e. The first-order chi connectivity index (χ1) is 10.5. The lowest BCUT2D eigenvalue weighted by Gasteiger charge is -2.16. The number of hydrogen-bond acceptors (Lipinski definition) is 2. The smallest absolute Gasteiger partial charge is 0.0488 e. The van der Waals surface area contributed by atoms with Gasteiger partial charge in [-0.1, -0.05) is 20.8 Å². The van der Waals surface area contributed by atoms with Crippen molar-refractivity contribution >= 4 is 10.9 Å². The minimum absolute atomic E-state index is 0.228. The molecule has 22 heavy (non-hydrogen) atoms. The van der Waals surface area contributed by atoms with E-state index in [1.165, 1.54) is 33.3 Å². The van der Waals surface area contributed by atoms with E-state index in [0.717, 1.165) is 32.5 Å². The van der Waals surface area contributed by atoms with Crippen LogP contribution in [-0.4, -0.2) is 10.6 Å². The highest BCUT2D eigenvalue weighted by molar-refractivity contribution is 5.87. The number of nitrogens with one attached hydrogen (secondary N) is 1. The number of benzene rings is 1. The van der Waals surface area contributed by atoms with E-state index >= 15 is 0 Å². The Morgan fingerprint density at radius 2 is 1.91 bits per heavy atom. The van der Waals surface area contributed by atoms with E-state index < -0.39 is 0 Å². The van der Waals surface area contributed by atoms with Crippen molar-refractivity contribution in [3.8, 4) is 0 Å². The quantitative estimate of drug-likeness (QED) is 0.887. The van der Waals surface area contributed by atoms with Crippen LogP contribution in [0.15, 0.2) is 12.1 Å². The van der Waals surface area contributed by atoms with Crippen molar-refractivity contribution in [2.75, 3.05) is 0 Å². The second-order valence-electron chi connectivity index (χ2n) is 7.07. The van der Waals surface area contributed by atoms with E-state index in [-0.39, 0.29) is 6.04 Å². The molecule has 0 bridgehead atoms. The van der Waals surface area contributed by atoms with Crippen LogP contribution in [0, 0.1) is 12.8 Å². The predicted octanol–water partition coefficient (Wildman–Crippen LogP) is 3.49. The third kappa shape index (κ3) is 2.57. The molecule has 120 valence electrons. The van der Waals surface area contributed by atoms with Crippen LogP contribution in [0.5, 0.6) is 0 Å². The van der Waals surface area contributed by atoms with Crippen molar-refractivity contribution in [2.45, 2.75) is 66.2 Å². The lowest BCUT2D eigenvalue weighted by Crippen LogP contribution is -2.29. The van der Waals surface area contributed by atoms with Crippen LogP contribution in [0.1, 0.15) is 49.6 Å². The average Bonchev–Trinajstić information content (AvgIpc) is 3.03. The summed E-state index contributed by atoms with van der Waals surface area (Å²) in [7, 11) is 0. The molecule has 2 aromatic rings. The van der Waals surface area contributed by atoms with Crippen molar-refractivity contribution in [3.63, 3.8) is 0 Å². The third-order valence-corrected chi connectivity index (χ3v) is 5.15. The molecule has 1 aromatic carbocycles. The maximum atomic E-state index is 6.38. The molecule has 1 aliphatic heterocycles. The molecule has 1 unspecified atom stereocenters. The highest BCUT2D eigenvalue weighted by atomic mass is 15.0. The van der Waals surface area contributed by atoms with Crippen molar-refractivity contribution < 1.29 is 0 Å². The fourth-order valence-electron chi connectivity index (χ4n) is 3.58. The second kappa shape index (κ2) is 6.05. The lowest BCUT2D eigenvalue weighted by molar-refractivity contribution is 0.490. The zero-order valence-electron chi connectivity index (χ0n) is 14.4. The van der Waals surface area contributed by atoms with Crippen molar-refractivity contribution in [1.82, 2.24) is 9.88 Å². The molecule has 0 amide bonds. The molecule has 0 radical (unpaired) electrons. The third-order valence-electron chi connectivity index (χ3n) is 5.15. The van der Waals surface area contributed by atoms with Crippen molar-refractivity contribution in [3.05, 3.63) is 34.5 Å². The zero-order valence-corrected chi connectivity index (χ0v) is 14.4. The molecular formula is C19H29N3. The fourth-order valence-corrected chi connectivity index (χ4v) is 3.58. The van der Waals surface area contributed by atoms with Gasteiger partial charge in [0.1, 0.15) is 0 Å². The number of aromatic nitrogens is 1. The number of fused-ring (bicyclic) bond motifs is 2. The first kappa shape index (κ1) is 15.6. The standard InChI is InChI=1S/C19H29N3/c1-5-6-22-13(4)16(9-18(20)12(2)3)17-7-14-10-21-11-15(14)8-19(17)22/h7-8,12,18,21H,5-6,9-11,20H2,1-4H3. The van der Waals surface area contributed by atoms with Crippen molar-refractivity contribution in [1.29, 1.82) is 0 Å². The Labute approximate surface area is 133 Å². The topological polar surface area (TPSA) is 43.0 Å². The van der Waals surface area contributed by atoms with E-state index in [2.05, 4.69) is 49.7 Å². The Balaban J connectivity index is 2.15. The van der Waals surface area contributed by atoms with E-state index in [0.29, 0.717) is 5.92 Å². The number of rotatable bonds is 5. The maximum Gasteiger partial charge on any atom is 0.0488 e. The van der Waals surface area contributed by atoms with Crippen LogP contribution in [0.3, 0.4) is 0 Å². The van der Waals surface area contributed by atoms with Gasteiger partial charge in [-0.3, -0.25) is 0 Å². The van der Waals surface area contributed by atoms with E-state index in [1.54, 1.807) is 0 Å². The minimum atomic E-state index is 0.228. The molecule has 2 heterocycles. The summed E-state index contributed by atoms with van der Waals surface area (Å²) in [5, 5.41) is 4.88. The summed E-state index contributed by atoms with van der Waals surface area (Å²) in [6.45, 7) is 12.0. The molecule has 3 N–H and O–H groups in total. The van der Waals surface area contributed by atoms with Crippen LogP contribution in [0.2, 0.25) is 0 Å².